The third kappa shape index (κ3) is 3.57. The van der Waals surface area contributed by atoms with Gasteiger partial charge in [0.25, 0.3) is 0 Å². The van der Waals surface area contributed by atoms with Crippen molar-refractivity contribution in [1.29, 1.82) is 0 Å². The topological polar surface area (TPSA) is 18.5 Å². The van der Waals surface area contributed by atoms with Crippen LogP contribution in [0.1, 0.15) is 0 Å². The fourth-order valence-corrected chi connectivity index (χ4v) is 2.24. The number of benzene rings is 1. The lowest BCUT2D eigenvalue weighted by atomic mass is 10.3. The van der Waals surface area contributed by atoms with Crippen molar-refractivity contribution in [3.8, 4) is 0 Å². The van der Waals surface area contributed by atoms with Gasteiger partial charge in [-0.15, -0.1) is 0 Å². The second-order valence-corrected chi connectivity index (χ2v) is 5.08. The number of nitrogens with one attached hydrogen (secondary N) is 1. The lowest BCUT2D eigenvalue weighted by Gasteiger charge is -2.32. The first-order valence-electron chi connectivity index (χ1n) is 6.25. The minimum atomic E-state index is -0.363. The van der Waals surface area contributed by atoms with E-state index < -0.39 is 0 Å². The van der Waals surface area contributed by atoms with Crippen molar-refractivity contribution in [3.63, 3.8) is 0 Å². The smallest absolute Gasteiger partial charge is 0.164 e. The lowest BCUT2D eigenvalue weighted by Crippen LogP contribution is -2.45. The number of nitrogens with zero attached hydrogens (tertiary/aromatic N) is 2. The number of hydrogen-bond acceptors (Lipinski definition) is 3. The summed E-state index contributed by atoms with van der Waals surface area (Å²) in [6.45, 7) is 6.03. The Hall–Kier alpha value is -0.840. The van der Waals surface area contributed by atoms with Crippen LogP contribution in [0.2, 0.25) is 5.02 Å². The Morgan fingerprint density at radius 2 is 2.00 bits per heavy atom. The number of hydrogen-bond donors (Lipinski definition) is 1. The van der Waals surface area contributed by atoms with Crippen molar-refractivity contribution >= 4 is 17.3 Å². The third-order valence-corrected chi connectivity index (χ3v) is 3.58. The van der Waals surface area contributed by atoms with E-state index >= 15 is 0 Å². The van der Waals surface area contributed by atoms with Crippen LogP contribution < -0.4 is 5.32 Å². The Balaban J connectivity index is 1.77. The molecule has 0 aliphatic carbocycles. The van der Waals surface area contributed by atoms with E-state index in [1.807, 2.05) is 0 Å². The molecule has 0 unspecified atom stereocenters. The van der Waals surface area contributed by atoms with Crippen molar-refractivity contribution in [3.05, 3.63) is 29.0 Å². The van der Waals surface area contributed by atoms with Crippen LogP contribution in [0.3, 0.4) is 0 Å². The van der Waals surface area contributed by atoms with Gasteiger partial charge in [0.1, 0.15) is 0 Å². The Morgan fingerprint density at radius 1 is 1.28 bits per heavy atom. The van der Waals surface area contributed by atoms with Gasteiger partial charge in [0, 0.05) is 39.3 Å². The minimum absolute atomic E-state index is 0.166. The quantitative estimate of drug-likeness (QED) is 0.905. The molecule has 1 aliphatic rings. The van der Waals surface area contributed by atoms with Gasteiger partial charge >= 0.3 is 0 Å². The summed E-state index contributed by atoms with van der Waals surface area (Å²) in [4.78, 5) is 4.70. The summed E-state index contributed by atoms with van der Waals surface area (Å²) >= 11 is 5.73. The van der Waals surface area contributed by atoms with E-state index in [-0.39, 0.29) is 10.8 Å². The first kappa shape index (κ1) is 13.6. The molecule has 0 aromatic heterocycles. The van der Waals surface area contributed by atoms with Crippen LogP contribution in [0, 0.1) is 5.82 Å². The maximum absolute atomic E-state index is 13.6. The molecule has 1 aromatic carbocycles. The van der Waals surface area contributed by atoms with Crippen molar-refractivity contribution in [2.24, 2.45) is 0 Å². The Kier molecular flexibility index (Phi) is 4.80. The zero-order chi connectivity index (χ0) is 13.0. The van der Waals surface area contributed by atoms with E-state index in [1.54, 1.807) is 18.2 Å². The average molecular weight is 272 g/mol. The highest BCUT2D eigenvalue weighted by molar-refractivity contribution is 6.31. The molecule has 0 spiro atoms. The SMILES string of the molecule is CN1CCN(CCNc2cccc(Cl)c2F)CC1. The molecule has 1 fully saturated rings. The second-order valence-electron chi connectivity index (χ2n) is 4.67. The number of halogens is 2. The molecule has 0 atom stereocenters. The second kappa shape index (κ2) is 6.36. The largest absolute Gasteiger partial charge is 0.381 e. The van der Waals surface area contributed by atoms with Gasteiger partial charge in [-0.05, 0) is 19.2 Å². The minimum Gasteiger partial charge on any atom is -0.381 e. The normalized spacial score (nSPS) is 17.9. The average Bonchev–Trinajstić information content (AvgIpc) is 2.37. The highest BCUT2D eigenvalue weighted by Crippen LogP contribution is 2.21. The van der Waals surface area contributed by atoms with Crippen LogP contribution in [0.4, 0.5) is 10.1 Å². The zero-order valence-corrected chi connectivity index (χ0v) is 11.4. The van der Waals surface area contributed by atoms with E-state index in [0.29, 0.717) is 5.69 Å². The van der Waals surface area contributed by atoms with Gasteiger partial charge in [0.15, 0.2) is 5.82 Å². The molecular weight excluding hydrogens is 253 g/mol. The third-order valence-electron chi connectivity index (χ3n) is 3.29. The number of likely N-dealkylation sites (N-methyl/N-ethyl adjacent to an activating group) is 1. The summed E-state index contributed by atoms with van der Waals surface area (Å²) < 4.78 is 13.6. The predicted molar refractivity (Wildman–Crippen MR) is 73.8 cm³/mol. The molecule has 1 N–H and O–H groups in total. The standard InChI is InChI=1S/C13H19ClFN3/c1-17-7-9-18(10-8-17)6-5-16-12-4-2-3-11(14)13(12)15/h2-4,16H,5-10H2,1H3. The molecule has 5 heteroatoms. The summed E-state index contributed by atoms with van der Waals surface area (Å²) in [5, 5.41) is 3.26. The highest BCUT2D eigenvalue weighted by atomic mass is 35.5. The van der Waals surface area contributed by atoms with Crippen LogP contribution in [-0.2, 0) is 0 Å². The first-order valence-corrected chi connectivity index (χ1v) is 6.63. The van der Waals surface area contributed by atoms with E-state index in [1.165, 1.54) is 0 Å². The van der Waals surface area contributed by atoms with Crippen LogP contribution >= 0.6 is 11.6 Å². The molecule has 0 bridgehead atoms. The number of piperazine rings is 1. The van der Waals surface area contributed by atoms with Gasteiger partial charge in [-0.3, -0.25) is 4.90 Å². The fraction of sp³-hybridized carbons (Fsp3) is 0.538. The first-order chi connectivity index (χ1) is 8.66. The fourth-order valence-electron chi connectivity index (χ4n) is 2.06. The van der Waals surface area contributed by atoms with Gasteiger partial charge in [-0.2, -0.15) is 0 Å². The van der Waals surface area contributed by atoms with E-state index in [9.17, 15) is 4.39 Å². The molecule has 1 saturated heterocycles. The molecule has 1 aromatic rings. The number of rotatable bonds is 4. The summed E-state index contributed by atoms with van der Waals surface area (Å²) in [5.41, 5.74) is 0.483. The maximum Gasteiger partial charge on any atom is 0.164 e. The van der Waals surface area contributed by atoms with E-state index in [0.717, 1.165) is 39.3 Å². The molecule has 0 amide bonds. The molecule has 3 nitrogen and oxygen atoms in total. The van der Waals surface area contributed by atoms with Crippen LogP contribution in [0.25, 0.3) is 0 Å². The zero-order valence-electron chi connectivity index (χ0n) is 10.6. The van der Waals surface area contributed by atoms with Crippen molar-refractivity contribution in [2.75, 3.05) is 51.6 Å². The van der Waals surface area contributed by atoms with Gasteiger partial charge in [0.2, 0.25) is 0 Å². The van der Waals surface area contributed by atoms with Crippen LogP contribution in [0.5, 0.6) is 0 Å². The predicted octanol–water partition coefficient (Wildman–Crippen LogP) is 2.14. The molecule has 100 valence electrons. The molecule has 0 radical (unpaired) electrons. The monoisotopic (exact) mass is 271 g/mol. The van der Waals surface area contributed by atoms with Gasteiger partial charge in [0.05, 0.1) is 10.7 Å². The molecule has 18 heavy (non-hydrogen) atoms. The van der Waals surface area contributed by atoms with Gasteiger partial charge in [-0.25, -0.2) is 4.39 Å². The van der Waals surface area contributed by atoms with Gasteiger partial charge < -0.3 is 10.2 Å². The summed E-state index contributed by atoms with van der Waals surface area (Å²) in [7, 11) is 2.14. The molecule has 0 saturated carbocycles. The summed E-state index contributed by atoms with van der Waals surface area (Å²) in [5.74, 6) is -0.363. The van der Waals surface area contributed by atoms with Crippen LogP contribution in [0.15, 0.2) is 18.2 Å². The molecule has 1 aliphatic heterocycles. The van der Waals surface area contributed by atoms with Crippen molar-refractivity contribution < 1.29 is 4.39 Å². The van der Waals surface area contributed by atoms with Gasteiger partial charge in [-0.1, -0.05) is 17.7 Å². The van der Waals surface area contributed by atoms with Crippen molar-refractivity contribution in [2.45, 2.75) is 0 Å². The Bertz CT molecular complexity index is 392. The number of anilines is 1. The Morgan fingerprint density at radius 3 is 2.72 bits per heavy atom. The Labute approximate surface area is 113 Å². The maximum atomic E-state index is 13.6. The molecule has 1 heterocycles. The van der Waals surface area contributed by atoms with E-state index in [4.69, 9.17) is 11.6 Å². The van der Waals surface area contributed by atoms with E-state index in [2.05, 4.69) is 22.2 Å². The lowest BCUT2D eigenvalue weighted by molar-refractivity contribution is 0.158. The summed E-state index contributed by atoms with van der Waals surface area (Å²) in [6, 6.07) is 5.03. The summed E-state index contributed by atoms with van der Waals surface area (Å²) in [6.07, 6.45) is 0. The van der Waals surface area contributed by atoms with Crippen LogP contribution in [-0.4, -0.2) is 56.1 Å². The molecule has 2 rings (SSSR count). The highest BCUT2D eigenvalue weighted by Gasteiger charge is 2.13. The molecular formula is C13H19ClFN3. The van der Waals surface area contributed by atoms with Crippen molar-refractivity contribution in [1.82, 2.24) is 9.80 Å².